The Morgan fingerprint density at radius 3 is 2.46 bits per heavy atom. The molecule has 132 valence electrons. The Morgan fingerprint density at radius 1 is 1.21 bits per heavy atom. The topological polar surface area (TPSA) is 71.1 Å². The number of methoxy groups -OCH3 is 1. The number of hydrogen-bond acceptors (Lipinski definition) is 6. The van der Waals surface area contributed by atoms with E-state index >= 15 is 0 Å². The fourth-order valence-corrected chi connectivity index (χ4v) is 2.79. The van der Waals surface area contributed by atoms with E-state index in [1.54, 1.807) is 21.0 Å². The third-order valence-corrected chi connectivity index (χ3v) is 3.97. The zero-order valence-corrected chi connectivity index (χ0v) is 14.4. The van der Waals surface area contributed by atoms with Crippen LogP contribution in [0.3, 0.4) is 0 Å². The maximum Gasteiger partial charge on any atom is 0.345 e. The van der Waals surface area contributed by atoms with E-state index in [2.05, 4.69) is 0 Å². The van der Waals surface area contributed by atoms with Gasteiger partial charge in [-0.15, -0.1) is 0 Å². The molecule has 0 aromatic rings. The average Bonchev–Trinajstić information content (AvgIpc) is 2.93. The molecule has 0 fully saturated rings. The van der Waals surface area contributed by atoms with Crippen molar-refractivity contribution < 1.29 is 28.5 Å². The van der Waals surface area contributed by atoms with Gasteiger partial charge >= 0.3 is 11.9 Å². The molecule has 1 unspecified atom stereocenters. The Labute approximate surface area is 142 Å². The lowest BCUT2D eigenvalue weighted by Crippen LogP contribution is -2.20. The minimum atomic E-state index is -0.697. The fraction of sp³-hybridized carbons (Fsp3) is 0.556. The Balaban J connectivity index is 2.39. The number of esters is 2. The average molecular weight is 336 g/mol. The first-order chi connectivity index (χ1) is 11.6. The lowest BCUT2D eigenvalue weighted by atomic mass is 10.0. The van der Waals surface area contributed by atoms with E-state index in [4.69, 9.17) is 18.9 Å². The molecule has 1 heterocycles. The van der Waals surface area contributed by atoms with E-state index < -0.39 is 11.9 Å². The summed E-state index contributed by atoms with van der Waals surface area (Å²) in [5.41, 5.74) is 1.82. The highest BCUT2D eigenvalue weighted by molar-refractivity contribution is 6.14. The second-order valence-corrected chi connectivity index (χ2v) is 5.47. The van der Waals surface area contributed by atoms with Crippen molar-refractivity contribution >= 4 is 11.9 Å². The van der Waals surface area contributed by atoms with E-state index in [0.717, 1.165) is 25.0 Å². The smallest absolute Gasteiger partial charge is 0.345 e. The number of carbonyl (C=O) groups is 2. The van der Waals surface area contributed by atoms with E-state index in [0.29, 0.717) is 12.2 Å². The number of allylic oxidation sites excluding steroid dienone is 1. The molecular weight excluding hydrogens is 312 g/mol. The maximum absolute atomic E-state index is 12.1. The number of carbonyl (C=O) groups excluding carboxylic acids is 2. The van der Waals surface area contributed by atoms with Crippen LogP contribution in [0.5, 0.6) is 0 Å². The second-order valence-electron chi connectivity index (χ2n) is 5.47. The highest BCUT2D eigenvalue weighted by Gasteiger charge is 2.27. The Kier molecular flexibility index (Phi) is 6.61. The van der Waals surface area contributed by atoms with Gasteiger partial charge in [0.15, 0.2) is 0 Å². The van der Waals surface area contributed by atoms with Crippen LogP contribution in [-0.4, -0.2) is 45.0 Å². The molecule has 0 saturated heterocycles. The van der Waals surface area contributed by atoms with Crippen LogP contribution in [0.2, 0.25) is 0 Å². The van der Waals surface area contributed by atoms with Crippen LogP contribution < -0.4 is 0 Å². The van der Waals surface area contributed by atoms with Crippen molar-refractivity contribution in [2.45, 2.75) is 39.2 Å². The molecule has 0 N–H and O–H groups in total. The summed E-state index contributed by atoms with van der Waals surface area (Å²) in [7, 11) is 1.61. The van der Waals surface area contributed by atoms with Crippen LogP contribution in [0, 0.1) is 0 Å². The molecule has 0 amide bonds. The molecule has 6 heteroatoms. The fourth-order valence-electron chi connectivity index (χ4n) is 2.79. The molecule has 0 aromatic heterocycles. The van der Waals surface area contributed by atoms with E-state index in [1.807, 2.05) is 6.08 Å². The number of rotatable bonds is 6. The highest BCUT2D eigenvalue weighted by atomic mass is 16.6. The molecule has 1 aliphatic carbocycles. The molecule has 0 spiro atoms. The largest absolute Gasteiger partial charge is 0.493 e. The molecule has 0 radical (unpaired) electrons. The van der Waals surface area contributed by atoms with Gasteiger partial charge in [0, 0.05) is 13.5 Å². The van der Waals surface area contributed by atoms with Gasteiger partial charge in [-0.1, -0.05) is 0 Å². The monoisotopic (exact) mass is 336 g/mol. The summed E-state index contributed by atoms with van der Waals surface area (Å²) >= 11 is 0. The van der Waals surface area contributed by atoms with Crippen molar-refractivity contribution in [2.24, 2.45) is 0 Å². The van der Waals surface area contributed by atoms with Crippen molar-refractivity contribution in [1.82, 2.24) is 0 Å². The zero-order valence-electron chi connectivity index (χ0n) is 14.4. The third kappa shape index (κ3) is 4.26. The molecule has 2 rings (SSSR count). The van der Waals surface area contributed by atoms with Gasteiger partial charge in [-0.25, -0.2) is 9.59 Å². The first-order valence-electron chi connectivity index (χ1n) is 8.25. The third-order valence-electron chi connectivity index (χ3n) is 3.97. The van der Waals surface area contributed by atoms with Gasteiger partial charge in [0.25, 0.3) is 0 Å². The van der Waals surface area contributed by atoms with Crippen LogP contribution >= 0.6 is 0 Å². The summed E-state index contributed by atoms with van der Waals surface area (Å²) in [6.45, 7) is 4.40. The second kappa shape index (κ2) is 8.68. The number of ether oxygens (including phenoxy) is 4. The van der Waals surface area contributed by atoms with Crippen LogP contribution in [0.1, 0.15) is 33.1 Å². The molecule has 1 aliphatic heterocycles. The lowest BCUT2D eigenvalue weighted by molar-refractivity contribution is -0.146. The zero-order chi connectivity index (χ0) is 17.5. The Morgan fingerprint density at radius 2 is 1.88 bits per heavy atom. The van der Waals surface area contributed by atoms with Gasteiger partial charge in [0.2, 0.25) is 0 Å². The molecule has 2 aliphatic rings. The number of hydrogen-bond donors (Lipinski definition) is 0. The minimum absolute atomic E-state index is 0.131. The van der Waals surface area contributed by atoms with E-state index in [9.17, 15) is 9.59 Å². The van der Waals surface area contributed by atoms with Gasteiger partial charge in [-0.2, -0.15) is 0 Å². The summed E-state index contributed by atoms with van der Waals surface area (Å²) in [6.07, 6.45) is 5.67. The summed E-state index contributed by atoms with van der Waals surface area (Å²) in [4.78, 5) is 24.3. The van der Waals surface area contributed by atoms with Crippen LogP contribution in [0.25, 0.3) is 0 Å². The molecule has 6 nitrogen and oxygen atoms in total. The molecule has 0 saturated carbocycles. The van der Waals surface area contributed by atoms with Crippen LogP contribution in [-0.2, 0) is 28.5 Å². The van der Waals surface area contributed by atoms with Crippen molar-refractivity contribution in [1.29, 1.82) is 0 Å². The van der Waals surface area contributed by atoms with Crippen molar-refractivity contribution in [3.8, 4) is 0 Å². The minimum Gasteiger partial charge on any atom is -0.493 e. The summed E-state index contributed by atoms with van der Waals surface area (Å²) < 4.78 is 21.1. The highest BCUT2D eigenvalue weighted by Crippen LogP contribution is 2.32. The van der Waals surface area contributed by atoms with Gasteiger partial charge < -0.3 is 18.9 Å². The van der Waals surface area contributed by atoms with Crippen LogP contribution in [0.15, 0.2) is 34.6 Å². The van der Waals surface area contributed by atoms with Crippen molar-refractivity contribution in [2.75, 3.05) is 26.9 Å². The first kappa shape index (κ1) is 18.3. The van der Waals surface area contributed by atoms with Gasteiger partial charge in [-0.3, -0.25) is 0 Å². The van der Waals surface area contributed by atoms with Gasteiger partial charge in [-0.05, 0) is 50.0 Å². The Hall–Kier alpha value is -2.08. The molecule has 0 bridgehead atoms. The maximum atomic E-state index is 12.1. The van der Waals surface area contributed by atoms with Crippen molar-refractivity contribution in [3.63, 3.8) is 0 Å². The summed E-state index contributed by atoms with van der Waals surface area (Å²) in [6, 6.07) is 0. The molecule has 24 heavy (non-hydrogen) atoms. The quantitative estimate of drug-likeness (QED) is 0.321. The normalized spacial score (nSPS) is 19.6. The molecule has 0 aromatic carbocycles. The standard InChI is InChI=1S/C18H24O6/c1-4-22-17(19)14(18(20)23-5-2)10-13-11-16-12(8-9-24-16)6-7-15(13)21-3/h10-11,15H,4-9H2,1-3H3. The van der Waals surface area contributed by atoms with Gasteiger partial charge in [0.1, 0.15) is 11.3 Å². The predicted octanol–water partition coefficient (Wildman–Crippen LogP) is 2.45. The molecular formula is C18H24O6. The first-order valence-corrected chi connectivity index (χ1v) is 8.25. The predicted molar refractivity (Wildman–Crippen MR) is 87.1 cm³/mol. The SMILES string of the molecule is CCOC(=O)C(=CC1=CC2=C(CCO2)CCC1OC)C(=O)OCC. The summed E-state index contributed by atoms with van der Waals surface area (Å²) in [5, 5.41) is 0. The van der Waals surface area contributed by atoms with Crippen LogP contribution in [0.4, 0.5) is 0 Å². The molecule has 1 atom stereocenters. The lowest BCUT2D eigenvalue weighted by Gasteiger charge is -2.16. The summed E-state index contributed by atoms with van der Waals surface area (Å²) in [5.74, 6) is -0.581. The van der Waals surface area contributed by atoms with E-state index in [-0.39, 0.29) is 24.9 Å². The van der Waals surface area contributed by atoms with Crippen molar-refractivity contribution in [3.05, 3.63) is 34.6 Å². The van der Waals surface area contributed by atoms with Gasteiger partial charge in [0.05, 0.1) is 25.9 Å². The Bertz CT molecular complexity index is 564. The van der Waals surface area contributed by atoms with E-state index in [1.165, 1.54) is 11.6 Å².